The maximum absolute atomic E-state index is 6.41. The highest BCUT2D eigenvalue weighted by atomic mass is 16.7. The van der Waals surface area contributed by atoms with Gasteiger partial charge in [-0.25, -0.2) is 15.0 Å². The van der Waals surface area contributed by atoms with Crippen LogP contribution in [0.5, 0.6) is 0 Å². The standard InChI is InChI=1S/C45H38BN3O2/c1-44(2)45(3,4)51-46(50-44)36-24-16-22-34(30-36)38-26-12-14-28-40(38)39-27-13-11-25-37(39)33-21-15-23-35(29-33)43-48-41(31-17-7-5-8-18-31)47-42(49-43)32-19-9-6-10-20-32/h5-30H,1-4H3. The van der Waals surface area contributed by atoms with E-state index in [0.717, 1.165) is 55.5 Å². The third kappa shape index (κ3) is 6.40. The zero-order valence-electron chi connectivity index (χ0n) is 29.2. The lowest BCUT2D eigenvalue weighted by Gasteiger charge is -2.32. The number of hydrogen-bond acceptors (Lipinski definition) is 5. The fourth-order valence-corrected chi connectivity index (χ4v) is 6.53. The van der Waals surface area contributed by atoms with E-state index in [9.17, 15) is 0 Å². The molecular weight excluding hydrogens is 625 g/mol. The number of aromatic nitrogens is 3. The van der Waals surface area contributed by atoms with Crippen molar-refractivity contribution in [2.24, 2.45) is 0 Å². The van der Waals surface area contributed by atoms with Crippen LogP contribution in [0.15, 0.2) is 158 Å². The second-order valence-electron chi connectivity index (χ2n) is 13.9. The summed E-state index contributed by atoms with van der Waals surface area (Å²) in [6.45, 7) is 8.35. The third-order valence-corrected chi connectivity index (χ3v) is 10.00. The van der Waals surface area contributed by atoms with Crippen LogP contribution in [0.2, 0.25) is 0 Å². The molecule has 0 amide bonds. The highest BCUT2D eigenvalue weighted by molar-refractivity contribution is 6.62. The maximum atomic E-state index is 6.41. The van der Waals surface area contributed by atoms with E-state index in [0.29, 0.717) is 17.5 Å². The molecule has 51 heavy (non-hydrogen) atoms. The molecule has 1 aliphatic rings. The average Bonchev–Trinajstić information content (AvgIpc) is 3.41. The number of hydrogen-bond donors (Lipinski definition) is 0. The van der Waals surface area contributed by atoms with Gasteiger partial charge in [-0.1, -0.05) is 152 Å². The SMILES string of the molecule is CC1(C)OB(c2cccc(-c3ccccc3-c3ccccc3-c3cccc(-c4nc(-c5ccccc5)nc(-c5ccccc5)n4)c3)c2)OC1(C)C. The summed E-state index contributed by atoms with van der Waals surface area (Å²) in [6, 6.07) is 54.3. The Kier molecular flexibility index (Phi) is 8.43. The fourth-order valence-electron chi connectivity index (χ4n) is 6.53. The van der Waals surface area contributed by atoms with E-state index in [1.165, 1.54) is 0 Å². The van der Waals surface area contributed by atoms with Gasteiger partial charge < -0.3 is 9.31 Å². The van der Waals surface area contributed by atoms with Crippen molar-refractivity contribution in [1.82, 2.24) is 15.0 Å². The lowest BCUT2D eigenvalue weighted by atomic mass is 9.77. The molecule has 1 fully saturated rings. The Labute approximate surface area is 300 Å². The van der Waals surface area contributed by atoms with Gasteiger partial charge in [0.25, 0.3) is 0 Å². The molecule has 0 unspecified atom stereocenters. The molecule has 8 rings (SSSR count). The predicted molar refractivity (Wildman–Crippen MR) is 208 cm³/mol. The van der Waals surface area contributed by atoms with Gasteiger partial charge >= 0.3 is 7.12 Å². The number of nitrogens with zero attached hydrogens (tertiary/aromatic N) is 3. The largest absolute Gasteiger partial charge is 0.494 e. The average molecular weight is 664 g/mol. The predicted octanol–water partition coefficient (Wildman–Crippen LogP) is 10.2. The quantitative estimate of drug-likeness (QED) is 0.159. The van der Waals surface area contributed by atoms with E-state index in [1.807, 2.05) is 60.7 Å². The van der Waals surface area contributed by atoms with Crippen LogP contribution in [0.25, 0.3) is 67.5 Å². The lowest BCUT2D eigenvalue weighted by molar-refractivity contribution is 0.00578. The first-order valence-corrected chi connectivity index (χ1v) is 17.4. The molecule has 0 aliphatic carbocycles. The summed E-state index contributed by atoms with van der Waals surface area (Å²) in [5.74, 6) is 1.91. The summed E-state index contributed by atoms with van der Waals surface area (Å²) in [5, 5.41) is 0. The normalized spacial score (nSPS) is 14.8. The van der Waals surface area contributed by atoms with E-state index in [2.05, 4.69) is 125 Å². The third-order valence-electron chi connectivity index (χ3n) is 10.00. The highest BCUT2D eigenvalue weighted by Crippen LogP contribution is 2.40. The van der Waals surface area contributed by atoms with E-state index in [4.69, 9.17) is 24.3 Å². The summed E-state index contributed by atoms with van der Waals surface area (Å²) in [6.07, 6.45) is 0. The highest BCUT2D eigenvalue weighted by Gasteiger charge is 2.51. The summed E-state index contributed by atoms with van der Waals surface area (Å²) >= 11 is 0. The molecule has 0 atom stereocenters. The van der Waals surface area contributed by atoms with Crippen LogP contribution in [0.1, 0.15) is 27.7 Å². The van der Waals surface area contributed by atoms with E-state index in [-0.39, 0.29) is 0 Å². The molecule has 2 heterocycles. The van der Waals surface area contributed by atoms with Gasteiger partial charge in [-0.15, -0.1) is 0 Å². The Bertz CT molecular complexity index is 2270. The fraction of sp³-hybridized carbons (Fsp3) is 0.133. The Balaban J connectivity index is 1.20. The molecule has 1 aliphatic heterocycles. The minimum atomic E-state index is -0.433. The molecule has 6 heteroatoms. The van der Waals surface area contributed by atoms with E-state index >= 15 is 0 Å². The van der Waals surface area contributed by atoms with Crippen molar-refractivity contribution in [2.75, 3.05) is 0 Å². The van der Waals surface area contributed by atoms with E-state index in [1.54, 1.807) is 0 Å². The van der Waals surface area contributed by atoms with Crippen LogP contribution in [0.4, 0.5) is 0 Å². The van der Waals surface area contributed by atoms with Gasteiger partial charge in [-0.05, 0) is 72.6 Å². The molecule has 0 N–H and O–H groups in total. The van der Waals surface area contributed by atoms with Crippen molar-refractivity contribution >= 4 is 12.6 Å². The van der Waals surface area contributed by atoms with Gasteiger partial charge in [0.15, 0.2) is 17.5 Å². The van der Waals surface area contributed by atoms with Crippen molar-refractivity contribution in [1.29, 1.82) is 0 Å². The first-order valence-electron chi connectivity index (χ1n) is 17.4. The Morgan fingerprint density at radius 1 is 0.373 bits per heavy atom. The topological polar surface area (TPSA) is 57.1 Å². The number of rotatable bonds is 7. The van der Waals surface area contributed by atoms with Gasteiger partial charge in [0.05, 0.1) is 11.2 Å². The first-order chi connectivity index (χ1) is 24.8. The van der Waals surface area contributed by atoms with Crippen LogP contribution in [-0.4, -0.2) is 33.3 Å². The molecule has 248 valence electrons. The van der Waals surface area contributed by atoms with E-state index < -0.39 is 18.3 Å². The van der Waals surface area contributed by atoms with Gasteiger partial charge in [0.2, 0.25) is 0 Å². The van der Waals surface area contributed by atoms with Crippen molar-refractivity contribution in [3.05, 3.63) is 158 Å². The maximum Gasteiger partial charge on any atom is 0.494 e. The Morgan fingerprint density at radius 2 is 0.745 bits per heavy atom. The van der Waals surface area contributed by atoms with Gasteiger partial charge in [0.1, 0.15) is 0 Å². The second-order valence-corrected chi connectivity index (χ2v) is 13.9. The minimum absolute atomic E-state index is 0.410. The summed E-state index contributed by atoms with van der Waals surface area (Å²) in [4.78, 5) is 14.8. The van der Waals surface area contributed by atoms with Gasteiger partial charge in [0, 0.05) is 16.7 Å². The van der Waals surface area contributed by atoms with Crippen molar-refractivity contribution < 1.29 is 9.31 Å². The smallest absolute Gasteiger partial charge is 0.399 e. The number of benzene rings is 6. The summed E-state index contributed by atoms with van der Waals surface area (Å²) < 4.78 is 12.8. The van der Waals surface area contributed by atoms with Crippen LogP contribution in [-0.2, 0) is 9.31 Å². The molecule has 1 saturated heterocycles. The Hall–Kier alpha value is -5.69. The van der Waals surface area contributed by atoms with Crippen LogP contribution in [0, 0.1) is 0 Å². The van der Waals surface area contributed by atoms with Crippen LogP contribution < -0.4 is 5.46 Å². The van der Waals surface area contributed by atoms with Crippen LogP contribution >= 0.6 is 0 Å². The second kappa shape index (κ2) is 13.2. The molecular formula is C45H38BN3O2. The first kappa shape index (κ1) is 32.5. The van der Waals surface area contributed by atoms with Crippen LogP contribution in [0.3, 0.4) is 0 Å². The molecule has 6 aromatic carbocycles. The molecule has 0 spiro atoms. The molecule has 0 radical (unpaired) electrons. The zero-order chi connectivity index (χ0) is 35.0. The molecule has 1 aromatic heterocycles. The minimum Gasteiger partial charge on any atom is -0.399 e. The molecule has 0 saturated carbocycles. The van der Waals surface area contributed by atoms with Gasteiger partial charge in [-0.2, -0.15) is 0 Å². The summed E-state index contributed by atoms with van der Waals surface area (Å²) in [7, 11) is -0.433. The molecule has 0 bridgehead atoms. The zero-order valence-corrected chi connectivity index (χ0v) is 29.2. The molecule has 5 nitrogen and oxygen atoms in total. The van der Waals surface area contributed by atoms with Crippen molar-refractivity contribution in [2.45, 2.75) is 38.9 Å². The van der Waals surface area contributed by atoms with Gasteiger partial charge in [-0.3, -0.25) is 0 Å². The van der Waals surface area contributed by atoms with Crippen molar-refractivity contribution in [3.63, 3.8) is 0 Å². The summed E-state index contributed by atoms with van der Waals surface area (Å²) in [5.41, 5.74) is 9.70. The molecule has 7 aromatic rings. The lowest BCUT2D eigenvalue weighted by Crippen LogP contribution is -2.41. The monoisotopic (exact) mass is 663 g/mol. The Morgan fingerprint density at radius 3 is 1.25 bits per heavy atom. The van der Waals surface area contributed by atoms with Crippen molar-refractivity contribution in [3.8, 4) is 67.5 Å².